The maximum atomic E-state index is 15.2. The van der Waals surface area contributed by atoms with E-state index in [1.165, 1.54) is 12.1 Å². The quantitative estimate of drug-likeness (QED) is 0.219. The fourth-order valence-electron chi connectivity index (χ4n) is 9.21. The molecule has 1 saturated carbocycles. The minimum absolute atomic E-state index is 0.0352. The molecule has 4 aliphatic heterocycles. The second kappa shape index (κ2) is 13.0. The van der Waals surface area contributed by atoms with Crippen molar-refractivity contribution in [1.82, 2.24) is 25.1 Å². The first kappa shape index (κ1) is 33.5. The number of hydrogen-bond donors (Lipinski definition) is 3. The first-order valence-corrected chi connectivity index (χ1v) is 18.6. The lowest BCUT2D eigenvalue weighted by Crippen LogP contribution is -2.52. The number of amides is 4. The molecule has 4 aromatic rings. The van der Waals surface area contributed by atoms with Gasteiger partial charge < -0.3 is 24.8 Å². The Morgan fingerprint density at radius 3 is 2.60 bits per heavy atom. The normalized spacial score (nSPS) is 23.0. The number of nitrogens with one attached hydrogen (secondary N) is 3. The van der Waals surface area contributed by atoms with Gasteiger partial charge in [0.05, 0.1) is 17.2 Å². The van der Waals surface area contributed by atoms with Crippen molar-refractivity contribution < 1.29 is 28.3 Å². The SMILES string of the molecule is CN1CCC[C@@H]1c1cc2cnc(NC(=O)c3ccc(OC4CC5(CCN(c6cccc7c6CN(C6CCC(=O)NC6=O)C7=O)CC5)C4)cc3F)cc2[nH]1. The van der Waals surface area contributed by atoms with Gasteiger partial charge in [-0.1, -0.05) is 6.07 Å². The van der Waals surface area contributed by atoms with Crippen molar-refractivity contribution in [2.75, 3.05) is 36.9 Å². The van der Waals surface area contributed by atoms with E-state index in [1.807, 2.05) is 18.2 Å². The number of carbonyl (C=O) groups excluding carboxylic acids is 4. The Balaban J connectivity index is 0.785. The molecule has 2 aromatic heterocycles. The summed E-state index contributed by atoms with van der Waals surface area (Å²) in [5, 5.41) is 6.08. The summed E-state index contributed by atoms with van der Waals surface area (Å²) < 4.78 is 21.4. The molecule has 53 heavy (non-hydrogen) atoms. The van der Waals surface area contributed by atoms with Crippen LogP contribution >= 0.6 is 0 Å². The molecule has 1 unspecified atom stereocenters. The number of H-pyrrole nitrogens is 1. The van der Waals surface area contributed by atoms with Gasteiger partial charge in [0.15, 0.2) is 0 Å². The van der Waals surface area contributed by atoms with Gasteiger partial charge in [0, 0.05) is 78.3 Å². The second-order valence-electron chi connectivity index (χ2n) is 15.5. The van der Waals surface area contributed by atoms with Gasteiger partial charge in [-0.2, -0.15) is 0 Å². The van der Waals surface area contributed by atoms with Gasteiger partial charge in [0.25, 0.3) is 11.8 Å². The zero-order chi connectivity index (χ0) is 36.4. The van der Waals surface area contributed by atoms with Crippen LogP contribution in [0.1, 0.15) is 89.4 Å². The summed E-state index contributed by atoms with van der Waals surface area (Å²) in [7, 11) is 2.12. The van der Waals surface area contributed by atoms with Crippen molar-refractivity contribution in [2.45, 2.75) is 76.1 Å². The number of pyridine rings is 1. The highest BCUT2D eigenvalue weighted by atomic mass is 19.1. The van der Waals surface area contributed by atoms with Crippen molar-refractivity contribution in [3.05, 3.63) is 82.9 Å². The highest BCUT2D eigenvalue weighted by Crippen LogP contribution is 2.51. The molecule has 2 atom stereocenters. The third kappa shape index (κ3) is 6.10. The van der Waals surface area contributed by atoms with E-state index in [0.717, 1.165) is 86.0 Å². The van der Waals surface area contributed by atoms with Crippen LogP contribution in [0.4, 0.5) is 15.9 Å². The molecule has 0 radical (unpaired) electrons. The summed E-state index contributed by atoms with van der Waals surface area (Å²) in [6.45, 7) is 3.08. The third-order valence-electron chi connectivity index (χ3n) is 12.2. The zero-order valence-electron chi connectivity index (χ0n) is 29.6. The van der Waals surface area contributed by atoms with E-state index in [0.29, 0.717) is 36.1 Å². The molecule has 0 bridgehead atoms. The molecule has 3 N–H and O–H groups in total. The van der Waals surface area contributed by atoms with Crippen LogP contribution in [0.5, 0.6) is 5.75 Å². The Labute approximate surface area is 306 Å². The fraction of sp³-hybridized carbons (Fsp3) is 0.425. The summed E-state index contributed by atoms with van der Waals surface area (Å²) in [5.74, 6) is -1.35. The number of ether oxygens (including phenoxy) is 1. The van der Waals surface area contributed by atoms with Gasteiger partial charge in [-0.05, 0) is 94.3 Å². The van der Waals surface area contributed by atoms with E-state index in [4.69, 9.17) is 4.74 Å². The Morgan fingerprint density at radius 1 is 1.02 bits per heavy atom. The van der Waals surface area contributed by atoms with Crippen LogP contribution in [0.25, 0.3) is 10.9 Å². The molecular formula is C40H42FN7O5. The van der Waals surface area contributed by atoms with Crippen LogP contribution in [-0.2, 0) is 16.1 Å². The summed E-state index contributed by atoms with van der Waals surface area (Å²) in [4.78, 5) is 64.7. The Bertz CT molecular complexity index is 2150. The number of piperidine rings is 2. The van der Waals surface area contributed by atoms with E-state index in [2.05, 4.69) is 43.5 Å². The van der Waals surface area contributed by atoms with Crippen LogP contribution < -0.4 is 20.3 Å². The molecule has 4 amide bonds. The molecule has 274 valence electrons. The lowest BCUT2D eigenvalue weighted by molar-refractivity contribution is -0.136. The van der Waals surface area contributed by atoms with E-state index in [9.17, 15) is 19.2 Å². The number of imide groups is 1. The number of carbonyl (C=O) groups is 4. The smallest absolute Gasteiger partial charge is 0.259 e. The lowest BCUT2D eigenvalue weighted by Gasteiger charge is -2.52. The Kier molecular flexibility index (Phi) is 8.21. The van der Waals surface area contributed by atoms with Crippen LogP contribution in [0.15, 0.2) is 54.7 Å². The van der Waals surface area contributed by atoms with Gasteiger partial charge in [-0.15, -0.1) is 0 Å². The van der Waals surface area contributed by atoms with E-state index in [-0.39, 0.29) is 35.3 Å². The number of fused-ring (bicyclic) bond motifs is 2. The summed E-state index contributed by atoms with van der Waals surface area (Å²) in [5.41, 5.74) is 4.65. The molecule has 1 spiro atoms. The van der Waals surface area contributed by atoms with Crippen molar-refractivity contribution in [1.29, 1.82) is 0 Å². The zero-order valence-corrected chi connectivity index (χ0v) is 29.6. The van der Waals surface area contributed by atoms with E-state index < -0.39 is 23.7 Å². The van der Waals surface area contributed by atoms with Gasteiger partial charge in [-0.25, -0.2) is 9.37 Å². The molecule has 12 nitrogen and oxygen atoms in total. The van der Waals surface area contributed by atoms with Crippen LogP contribution in [0, 0.1) is 11.2 Å². The number of likely N-dealkylation sites (tertiary alicyclic amines) is 1. The van der Waals surface area contributed by atoms with Gasteiger partial charge >= 0.3 is 0 Å². The average Bonchev–Trinajstić information content (AvgIpc) is 3.84. The highest BCUT2D eigenvalue weighted by Gasteiger charge is 2.48. The number of halogens is 1. The summed E-state index contributed by atoms with van der Waals surface area (Å²) >= 11 is 0. The predicted octanol–water partition coefficient (Wildman–Crippen LogP) is 5.31. The molecule has 1 aliphatic carbocycles. The molecule has 13 heteroatoms. The topological polar surface area (TPSA) is 140 Å². The first-order valence-electron chi connectivity index (χ1n) is 18.6. The van der Waals surface area contributed by atoms with Gasteiger partial charge in [0.2, 0.25) is 11.8 Å². The molecule has 6 heterocycles. The molecular weight excluding hydrogens is 677 g/mol. The number of aromatic nitrogens is 2. The predicted molar refractivity (Wildman–Crippen MR) is 195 cm³/mol. The van der Waals surface area contributed by atoms with Crippen LogP contribution in [0.3, 0.4) is 0 Å². The number of aromatic amines is 1. The van der Waals surface area contributed by atoms with Crippen LogP contribution in [0.2, 0.25) is 0 Å². The molecule has 3 saturated heterocycles. The number of nitrogens with zero attached hydrogens (tertiary/aromatic N) is 4. The summed E-state index contributed by atoms with van der Waals surface area (Å²) in [6, 6.07) is 13.7. The Morgan fingerprint density at radius 2 is 1.85 bits per heavy atom. The van der Waals surface area contributed by atoms with Crippen LogP contribution in [-0.4, -0.2) is 82.2 Å². The minimum atomic E-state index is -0.653. The molecule has 9 rings (SSSR count). The fourth-order valence-corrected chi connectivity index (χ4v) is 9.21. The number of hydrogen-bond acceptors (Lipinski definition) is 8. The van der Waals surface area contributed by atoms with Crippen molar-refractivity contribution in [3.8, 4) is 5.75 Å². The standard InChI is InChI=1S/C40H42FN7O5/c1-46-13-3-6-33(46)31-16-23-21-42-35(18-30(23)43-31)44-37(50)27-8-7-24(17-29(27)41)53-25-19-40(20-25)11-14-47(15-12-40)32-5-2-4-26-28(32)22-48(39(26)52)34-9-10-36(49)45-38(34)51/h2,4-5,7-8,16-18,21,25,33-34,43H,3,6,9-15,19-20,22H2,1H3,(H,42,44,50)(H,45,49,51)/t33-,34?/m1/s1. The number of benzene rings is 2. The minimum Gasteiger partial charge on any atom is -0.490 e. The number of rotatable bonds is 7. The van der Waals surface area contributed by atoms with Crippen molar-refractivity contribution in [2.24, 2.45) is 5.41 Å². The second-order valence-corrected chi connectivity index (χ2v) is 15.5. The van der Waals surface area contributed by atoms with E-state index in [1.54, 1.807) is 23.2 Å². The molecule has 5 aliphatic rings. The molecule has 2 aromatic carbocycles. The maximum absolute atomic E-state index is 15.2. The lowest BCUT2D eigenvalue weighted by atomic mass is 9.61. The van der Waals surface area contributed by atoms with Gasteiger partial charge in [-0.3, -0.25) is 29.4 Å². The third-order valence-corrected chi connectivity index (χ3v) is 12.2. The average molecular weight is 720 g/mol. The summed E-state index contributed by atoms with van der Waals surface area (Å²) in [6.07, 6.45) is 8.17. The Hall–Kier alpha value is -5.30. The molecule has 4 fully saturated rings. The first-order chi connectivity index (χ1) is 25.6. The largest absolute Gasteiger partial charge is 0.490 e. The number of anilines is 2. The van der Waals surface area contributed by atoms with E-state index >= 15 is 4.39 Å². The van der Waals surface area contributed by atoms with Gasteiger partial charge in [0.1, 0.15) is 23.4 Å². The monoisotopic (exact) mass is 719 g/mol. The van der Waals surface area contributed by atoms with Crippen molar-refractivity contribution in [3.63, 3.8) is 0 Å². The van der Waals surface area contributed by atoms with Crippen molar-refractivity contribution >= 4 is 46.0 Å². The maximum Gasteiger partial charge on any atom is 0.259 e. The highest BCUT2D eigenvalue weighted by molar-refractivity contribution is 6.06.